The number of hydrogen-bond donors (Lipinski definition) is 0. The number of Topliss-reactive ketones (excluding diaryl/α,β-unsaturated/α-hetero) is 1. The summed E-state index contributed by atoms with van der Waals surface area (Å²) in [7, 11) is 0. The van der Waals surface area contributed by atoms with Crippen molar-refractivity contribution in [2.24, 2.45) is 5.92 Å². The Hall–Kier alpha value is -2.46. The lowest BCUT2D eigenvalue weighted by Gasteiger charge is -2.30. The fraction of sp³-hybridized carbons (Fsp3) is 0.300. The summed E-state index contributed by atoms with van der Waals surface area (Å²) >= 11 is 0. The topological polar surface area (TPSA) is 52.6 Å². The number of hydrogen-bond acceptors (Lipinski definition) is 4. The normalized spacial score (nSPS) is 20.6. The Bertz CT molecular complexity index is 706. The average molecular weight is 324 g/mol. The third-order valence-corrected chi connectivity index (χ3v) is 4.13. The van der Waals surface area contributed by atoms with Crippen molar-refractivity contribution in [2.75, 3.05) is 6.61 Å². The van der Waals surface area contributed by atoms with Crippen molar-refractivity contribution >= 4 is 11.8 Å². The minimum atomic E-state index is -0.697. The van der Waals surface area contributed by atoms with E-state index in [1.54, 1.807) is 24.3 Å². The zero-order valence-electron chi connectivity index (χ0n) is 13.6. The predicted molar refractivity (Wildman–Crippen MR) is 89.6 cm³/mol. The quantitative estimate of drug-likeness (QED) is 0.810. The van der Waals surface area contributed by atoms with E-state index in [-0.39, 0.29) is 18.3 Å². The Morgan fingerprint density at radius 2 is 1.83 bits per heavy atom. The van der Waals surface area contributed by atoms with Crippen LogP contribution in [0.3, 0.4) is 0 Å². The summed E-state index contributed by atoms with van der Waals surface area (Å²) in [6.07, 6.45) is 0.302. The number of benzene rings is 2. The second-order valence-electron chi connectivity index (χ2n) is 6.14. The van der Waals surface area contributed by atoms with Crippen LogP contribution in [0.25, 0.3) is 0 Å². The van der Waals surface area contributed by atoms with Gasteiger partial charge in [0.2, 0.25) is 6.29 Å². The smallest absolute Gasteiger partial charge is 0.340 e. The van der Waals surface area contributed by atoms with Crippen molar-refractivity contribution in [2.45, 2.75) is 26.1 Å². The highest BCUT2D eigenvalue weighted by Gasteiger charge is 2.33. The highest BCUT2D eigenvalue weighted by molar-refractivity contribution is 5.89. The van der Waals surface area contributed by atoms with Crippen molar-refractivity contribution in [1.29, 1.82) is 0 Å². The summed E-state index contributed by atoms with van der Waals surface area (Å²) in [5, 5.41) is 0. The SMILES string of the molecule is Cc1ccc(CC2CC(=O)CO[C@H]2OC(=O)c2ccccc2)cc1. The van der Waals surface area contributed by atoms with Gasteiger partial charge in [-0.25, -0.2) is 4.79 Å². The molecular weight excluding hydrogens is 304 g/mol. The molecule has 4 nitrogen and oxygen atoms in total. The van der Waals surface area contributed by atoms with E-state index in [1.807, 2.05) is 37.3 Å². The molecule has 3 rings (SSSR count). The second kappa shape index (κ2) is 7.41. The molecule has 2 aromatic rings. The monoisotopic (exact) mass is 324 g/mol. The fourth-order valence-electron chi connectivity index (χ4n) is 2.83. The number of aryl methyl sites for hydroxylation is 1. The first-order valence-corrected chi connectivity index (χ1v) is 8.06. The summed E-state index contributed by atoms with van der Waals surface area (Å²) in [4.78, 5) is 24.0. The van der Waals surface area contributed by atoms with Crippen LogP contribution in [0.4, 0.5) is 0 Å². The number of rotatable bonds is 4. The second-order valence-corrected chi connectivity index (χ2v) is 6.14. The standard InChI is InChI=1S/C20H20O4/c1-14-7-9-15(10-8-14)11-17-12-18(21)13-23-20(17)24-19(22)16-5-3-2-4-6-16/h2-10,17,20H,11-13H2,1H3/t17?,20-/m0/s1. The van der Waals surface area contributed by atoms with E-state index in [0.29, 0.717) is 18.4 Å². The van der Waals surface area contributed by atoms with Crippen LogP contribution in [0.5, 0.6) is 0 Å². The number of ether oxygens (including phenoxy) is 2. The molecule has 1 saturated heterocycles. The van der Waals surface area contributed by atoms with Gasteiger partial charge in [0, 0.05) is 12.3 Å². The van der Waals surface area contributed by atoms with E-state index in [9.17, 15) is 9.59 Å². The molecule has 0 aromatic heterocycles. The minimum Gasteiger partial charge on any atom is -0.432 e. The van der Waals surface area contributed by atoms with Crippen LogP contribution in [0.1, 0.15) is 27.9 Å². The highest BCUT2D eigenvalue weighted by Crippen LogP contribution is 2.25. The summed E-state index contributed by atoms with van der Waals surface area (Å²) in [6.45, 7) is 2.03. The number of esters is 1. The molecule has 1 aliphatic rings. The van der Waals surface area contributed by atoms with Crippen molar-refractivity contribution in [3.05, 3.63) is 71.3 Å². The molecule has 0 aliphatic carbocycles. The maximum Gasteiger partial charge on any atom is 0.340 e. The van der Waals surface area contributed by atoms with Crippen molar-refractivity contribution in [3.63, 3.8) is 0 Å². The van der Waals surface area contributed by atoms with Crippen molar-refractivity contribution in [3.8, 4) is 0 Å². The summed E-state index contributed by atoms with van der Waals surface area (Å²) in [5.41, 5.74) is 2.76. The van der Waals surface area contributed by atoms with Gasteiger partial charge >= 0.3 is 5.97 Å². The number of ketones is 1. The number of carbonyl (C=O) groups excluding carboxylic acids is 2. The zero-order chi connectivity index (χ0) is 16.9. The predicted octanol–water partition coefficient (Wildman–Crippen LogP) is 3.33. The molecule has 1 aliphatic heterocycles. The van der Waals surface area contributed by atoms with E-state index in [0.717, 1.165) is 5.56 Å². The van der Waals surface area contributed by atoms with E-state index in [4.69, 9.17) is 9.47 Å². The Labute approximate surface area is 141 Å². The molecule has 24 heavy (non-hydrogen) atoms. The lowest BCUT2D eigenvalue weighted by molar-refractivity contribution is -0.173. The van der Waals surface area contributed by atoms with Crippen LogP contribution in [0.2, 0.25) is 0 Å². The van der Waals surface area contributed by atoms with Crippen LogP contribution in [-0.4, -0.2) is 24.6 Å². The van der Waals surface area contributed by atoms with Gasteiger partial charge in [-0.1, -0.05) is 48.0 Å². The number of carbonyl (C=O) groups is 2. The maximum absolute atomic E-state index is 12.2. The van der Waals surface area contributed by atoms with Gasteiger partial charge in [0.25, 0.3) is 0 Å². The zero-order valence-corrected chi connectivity index (χ0v) is 13.6. The first-order chi connectivity index (χ1) is 11.6. The van der Waals surface area contributed by atoms with Crippen LogP contribution < -0.4 is 0 Å². The van der Waals surface area contributed by atoms with Crippen molar-refractivity contribution in [1.82, 2.24) is 0 Å². The van der Waals surface area contributed by atoms with E-state index in [1.165, 1.54) is 5.56 Å². The van der Waals surface area contributed by atoms with Gasteiger partial charge < -0.3 is 9.47 Å². The first-order valence-electron chi connectivity index (χ1n) is 8.06. The van der Waals surface area contributed by atoms with Crippen LogP contribution in [0.15, 0.2) is 54.6 Å². The molecule has 0 saturated carbocycles. The average Bonchev–Trinajstić information content (AvgIpc) is 2.60. The van der Waals surface area contributed by atoms with Crippen LogP contribution >= 0.6 is 0 Å². The third kappa shape index (κ3) is 4.09. The highest BCUT2D eigenvalue weighted by atomic mass is 16.7. The Kier molecular flexibility index (Phi) is 5.06. The molecule has 2 atom stereocenters. The van der Waals surface area contributed by atoms with Gasteiger partial charge in [0.1, 0.15) is 6.61 Å². The Morgan fingerprint density at radius 3 is 2.54 bits per heavy atom. The Balaban J connectivity index is 1.70. The molecule has 0 amide bonds. The molecule has 0 spiro atoms. The molecule has 1 unspecified atom stereocenters. The van der Waals surface area contributed by atoms with Gasteiger partial charge in [-0.3, -0.25) is 4.79 Å². The molecular formula is C20H20O4. The molecule has 1 heterocycles. The minimum absolute atomic E-state index is 0.00284. The first kappa shape index (κ1) is 16.4. The molecule has 4 heteroatoms. The molecule has 124 valence electrons. The molecule has 2 aromatic carbocycles. The van der Waals surface area contributed by atoms with Gasteiger partial charge in [-0.15, -0.1) is 0 Å². The lowest BCUT2D eigenvalue weighted by Crippen LogP contribution is -2.39. The molecule has 0 N–H and O–H groups in total. The third-order valence-electron chi connectivity index (χ3n) is 4.13. The molecule has 0 bridgehead atoms. The van der Waals surface area contributed by atoms with Gasteiger partial charge in [0.05, 0.1) is 5.56 Å². The van der Waals surface area contributed by atoms with E-state index in [2.05, 4.69) is 0 Å². The summed E-state index contributed by atoms with van der Waals surface area (Å²) < 4.78 is 11.0. The lowest BCUT2D eigenvalue weighted by atomic mass is 9.91. The molecule has 0 radical (unpaired) electrons. The maximum atomic E-state index is 12.2. The Morgan fingerprint density at radius 1 is 1.12 bits per heavy atom. The van der Waals surface area contributed by atoms with Gasteiger partial charge in [-0.05, 0) is 31.0 Å². The summed E-state index contributed by atoms with van der Waals surface area (Å²) in [6, 6.07) is 16.9. The van der Waals surface area contributed by atoms with E-state index < -0.39 is 12.3 Å². The van der Waals surface area contributed by atoms with Crippen LogP contribution in [-0.2, 0) is 20.7 Å². The van der Waals surface area contributed by atoms with Crippen LogP contribution in [0, 0.1) is 12.8 Å². The van der Waals surface area contributed by atoms with Gasteiger partial charge in [-0.2, -0.15) is 0 Å². The van der Waals surface area contributed by atoms with E-state index >= 15 is 0 Å². The molecule has 1 fully saturated rings. The largest absolute Gasteiger partial charge is 0.432 e. The van der Waals surface area contributed by atoms with Gasteiger partial charge in [0.15, 0.2) is 5.78 Å². The van der Waals surface area contributed by atoms with Crippen molar-refractivity contribution < 1.29 is 19.1 Å². The summed E-state index contributed by atoms with van der Waals surface area (Å²) in [5.74, 6) is -0.551. The fourth-order valence-corrected chi connectivity index (χ4v) is 2.83.